The largest absolute Gasteiger partial charge is 0.462 e. The Labute approximate surface area is 183 Å². The van der Waals surface area contributed by atoms with Crippen LogP contribution in [0, 0.1) is 20.8 Å². The lowest BCUT2D eigenvalue weighted by molar-refractivity contribution is -0.111. The number of esters is 1. The number of amides is 1. The molecule has 2 rings (SSSR count). The number of ether oxygens (including phenoxy) is 1. The topological polar surface area (TPSA) is 106 Å². The third-order valence-corrected chi connectivity index (χ3v) is 5.42. The average Bonchev–Trinajstić information content (AvgIpc) is 2.91. The molecule has 2 N–H and O–H groups in total. The normalized spacial score (nSPS) is 11.5. The molecule has 1 aromatic carbocycles. The standard InChI is InChI=1S/C22H29N3O5S/c1-7-25-15(4)18(21(16(25)5)22(27)30-8-2)11-12-20(26)23-17-10-9-14(3)19(13-17)24-31(6,28)29/h9-13,24H,7-8H2,1-6H3,(H,23,26)/b12-11+. The van der Waals surface area contributed by atoms with Crippen molar-refractivity contribution in [2.24, 2.45) is 0 Å². The van der Waals surface area contributed by atoms with Crippen molar-refractivity contribution in [1.82, 2.24) is 4.57 Å². The van der Waals surface area contributed by atoms with E-state index in [9.17, 15) is 18.0 Å². The lowest BCUT2D eigenvalue weighted by atomic mass is 10.1. The third kappa shape index (κ3) is 5.97. The Hall–Kier alpha value is -3.07. The number of rotatable bonds is 8. The highest BCUT2D eigenvalue weighted by Gasteiger charge is 2.22. The first-order valence-corrected chi connectivity index (χ1v) is 11.8. The van der Waals surface area contributed by atoms with Crippen LogP contribution in [0.5, 0.6) is 0 Å². The average molecular weight is 448 g/mol. The minimum Gasteiger partial charge on any atom is -0.462 e. The van der Waals surface area contributed by atoms with Gasteiger partial charge < -0.3 is 14.6 Å². The molecule has 0 unspecified atom stereocenters. The van der Waals surface area contributed by atoms with Crippen molar-refractivity contribution in [3.63, 3.8) is 0 Å². The zero-order valence-corrected chi connectivity index (χ0v) is 19.5. The molecule has 0 aliphatic heterocycles. The first-order chi connectivity index (χ1) is 14.5. The van der Waals surface area contributed by atoms with E-state index in [0.29, 0.717) is 29.0 Å². The number of aromatic nitrogens is 1. The molecule has 0 saturated heterocycles. The predicted molar refractivity (Wildman–Crippen MR) is 123 cm³/mol. The Balaban J connectivity index is 2.30. The van der Waals surface area contributed by atoms with E-state index in [-0.39, 0.29) is 6.61 Å². The number of nitrogens with zero attached hydrogens (tertiary/aromatic N) is 1. The van der Waals surface area contributed by atoms with Crippen molar-refractivity contribution in [3.8, 4) is 0 Å². The zero-order chi connectivity index (χ0) is 23.3. The molecule has 0 fully saturated rings. The molecule has 0 radical (unpaired) electrons. The fourth-order valence-corrected chi connectivity index (χ4v) is 4.02. The Bertz CT molecular complexity index is 1130. The van der Waals surface area contributed by atoms with Crippen LogP contribution in [0.3, 0.4) is 0 Å². The molecule has 2 aromatic rings. The fraction of sp³-hybridized carbons (Fsp3) is 0.364. The number of benzene rings is 1. The molecule has 0 atom stereocenters. The number of sulfonamides is 1. The van der Waals surface area contributed by atoms with Gasteiger partial charge in [0.1, 0.15) is 0 Å². The Morgan fingerprint density at radius 3 is 2.39 bits per heavy atom. The molecule has 0 saturated carbocycles. The minimum atomic E-state index is -3.44. The molecule has 8 nitrogen and oxygen atoms in total. The lowest BCUT2D eigenvalue weighted by Crippen LogP contribution is -2.12. The summed E-state index contributed by atoms with van der Waals surface area (Å²) < 4.78 is 32.6. The smallest absolute Gasteiger partial charge is 0.340 e. The van der Waals surface area contributed by atoms with E-state index in [4.69, 9.17) is 4.74 Å². The summed E-state index contributed by atoms with van der Waals surface area (Å²) in [6.45, 7) is 10.2. The van der Waals surface area contributed by atoms with Gasteiger partial charge in [-0.2, -0.15) is 0 Å². The van der Waals surface area contributed by atoms with Crippen LogP contribution in [-0.4, -0.2) is 37.7 Å². The first-order valence-electron chi connectivity index (χ1n) is 9.92. The molecule has 0 spiro atoms. The summed E-state index contributed by atoms with van der Waals surface area (Å²) in [6, 6.07) is 4.94. The van der Waals surface area contributed by atoms with Crippen molar-refractivity contribution in [2.45, 2.75) is 41.2 Å². The molecule has 0 aliphatic carbocycles. The van der Waals surface area contributed by atoms with Crippen LogP contribution < -0.4 is 10.0 Å². The summed E-state index contributed by atoms with van der Waals surface area (Å²) in [4.78, 5) is 24.9. The Morgan fingerprint density at radius 2 is 1.81 bits per heavy atom. The molecular weight excluding hydrogens is 418 g/mol. The zero-order valence-electron chi connectivity index (χ0n) is 18.7. The third-order valence-electron chi connectivity index (χ3n) is 4.83. The highest BCUT2D eigenvalue weighted by atomic mass is 32.2. The van der Waals surface area contributed by atoms with Crippen LogP contribution >= 0.6 is 0 Å². The Kier molecular flexibility index (Phi) is 7.67. The van der Waals surface area contributed by atoms with Crippen molar-refractivity contribution < 1.29 is 22.7 Å². The molecule has 0 aliphatic rings. The van der Waals surface area contributed by atoms with Crippen LogP contribution in [0.25, 0.3) is 6.08 Å². The van der Waals surface area contributed by atoms with Crippen LogP contribution in [0.15, 0.2) is 24.3 Å². The van der Waals surface area contributed by atoms with Crippen molar-refractivity contribution in [2.75, 3.05) is 22.9 Å². The second-order valence-electron chi connectivity index (χ2n) is 7.15. The highest BCUT2D eigenvalue weighted by molar-refractivity contribution is 7.92. The van der Waals surface area contributed by atoms with Crippen LogP contribution in [0.4, 0.5) is 11.4 Å². The number of aryl methyl sites for hydroxylation is 1. The maximum absolute atomic E-state index is 12.5. The van der Waals surface area contributed by atoms with Crippen LogP contribution in [0.2, 0.25) is 0 Å². The van der Waals surface area contributed by atoms with E-state index in [0.717, 1.165) is 23.2 Å². The molecule has 1 aromatic heterocycles. The van der Waals surface area contributed by atoms with Crippen LogP contribution in [-0.2, 0) is 26.1 Å². The molecule has 0 bridgehead atoms. The maximum atomic E-state index is 12.5. The molecule has 31 heavy (non-hydrogen) atoms. The van der Waals surface area contributed by atoms with E-state index in [1.807, 2.05) is 25.3 Å². The van der Waals surface area contributed by atoms with Gasteiger partial charge in [-0.1, -0.05) is 6.07 Å². The van der Waals surface area contributed by atoms with E-state index in [2.05, 4.69) is 10.0 Å². The predicted octanol–water partition coefficient (Wildman–Crippen LogP) is 3.63. The second kappa shape index (κ2) is 9.82. The van der Waals surface area contributed by atoms with Gasteiger partial charge in [0.2, 0.25) is 15.9 Å². The Morgan fingerprint density at radius 1 is 1.13 bits per heavy atom. The summed E-state index contributed by atoms with van der Waals surface area (Å²) >= 11 is 0. The van der Waals surface area contributed by atoms with E-state index < -0.39 is 21.9 Å². The van der Waals surface area contributed by atoms with Crippen LogP contribution in [0.1, 0.15) is 46.7 Å². The van der Waals surface area contributed by atoms with Crippen molar-refractivity contribution in [1.29, 1.82) is 0 Å². The fourth-order valence-electron chi connectivity index (χ4n) is 3.40. The number of hydrogen-bond acceptors (Lipinski definition) is 5. The highest BCUT2D eigenvalue weighted by Crippen LogP contribution is 2.25. The van der Waals surface area contributed by atoms with Gasteiger partial charge in [0.25, 0.3) is 0 Å². The van der Waals surface area contributed by atoms with E-state index in [1.54, 1.807) is 38.1 Å². The maximum Gasteiger partial charge on any atom is 0.340 e. The number of anilines is 2. The number of nitrogens with one attached hydrogen (secondary N) is 2. The summed E-state index contributed by atoms with van der Waals surface area (Å²) in [5, 5.41) is 2.71. The molecule has 168 valence electrons. The van der Waals surface area contributed by atoms with Crippen molar-refractivity contribution >= 4 is 39.4 Å². The SMILES string of the molecule is CCOC(=O)c1c(/C=C/C(=O)Nc2ccc(C)c(NS(C)(=O)=O)c2)c(C)n(CC)c1C. The van der Waals surface area contributed by atoms with Gasteiger partial charge in [-0.05, 0) is 58.4 Å². The second-order valence-corrected chi connectivity index (χ2v) is 8.90. The summed E-state index contributed by atoms with van der Waals surface area (Å²) in [7, 11) is -3.44. The number of carbonyl (C=O) groups excluding carboxylic acids is 2. The summed E-state index contributed by atoms with van der Waals surface area (Å²) in [5.74, 6) is -0.837. The van der Waals surface area contributed by atoms with E-state index in [1.165, 1.54) is 6.08 Å². The lowest BCUT2D eigenvalue weighted by Gasteiger charge is -2.10. The van der Waals surface area contributed by atoms with E-state index >= 15 is 0 Å². The van der Waals surface area contributed by atoms with Gasteiger partial charge in [-0.15, -0.1) is 0 Å². The molecule has 1 amide bonds. The van der Waals surface area contributed by atoms with Gasteiger partial charge in [0.05, 0.1) is 24.1 Å². The minimum absolute atomic E-state index is 0.259. The van der Waals surface area contributed by atoms with Gasteiger partial charge in [0.15, 0.2) is 0 Å². The first kappa shape index (κ1) is 24.2. The molecule has 1 heterocycles. The van der Waals surface area contributed by atoms with Gasteiger partial charge in [-0.25, -0.2) is 13.2 Å². The number of hydrogen-bond donors (Lipinski definition) is 2. The summed E-state index contributed by atoms with van der Waals surface area (Å²) in [5.41, 5.74) is 4.29. The van der Waals surface area contributed by atoms with Gasteiger partial charge in [0, 0.05) is 35.3 Å². The molecule has 9 heteroatoms. The molecular formula is C22H29N3O5S. The van der Waals surface area contributed by atoms with Gasteiger partial charge in [-0.3, -0.25) is 9.52 Å². The summed E-state index contributed by atoms with van der Waals surface area (Å²) in [6.07, 6.45) is 4.00. The quantitative estimate of drug-likeness (QED) is 0.475. The monoisotopic (exact) mass is 447 g/mol. The van der Waals surface area contributed by atoms with Gasteiger partial charge >= 0.3 is 5.97 Å². The number of carbonyl (C=O) groups is 2. The van der Waals surface area contributed by atoms with Crippen molar-refractivity contribution in [3.05, 3.63) is 52.4 Å².